The zero-order valence-electron chi connectivity index (χ0n) is 11.2. The van der Waals surface area contributed by atoms with Gasteiger partial charge in [0.25, 0.3) is 0 Å². The molecule has 5 atom stereocenters. The van der Waals surface area contributed by atoms with E-state index in [4.69, 9.17) is 0 Å². The molecule has 2 saturated carbocycles. The van der Waals surface area contributed by atoms with Gasteiger partial charge in [-0.3, -0.25) is 9.59 Å². The van der Waals surface area contributed by atoms with Crippen molar-refractivity contribution >= 4 is 11.9 Å². The maximum Gasteiger partial charge on any atom is 0.307 e. The Bertz CT molecular complexity index is 342. The number of aliphatic carboxylic acids is 1. The monoisotopic (exact) mass is 253 g/mol. The van der Waals surface area contributed by atoms with Crippen molar-refractivity contribution in [3.63, 3.8) is 0 Å². The lowest BCUT2D eigenvalue weighted by Crippen LogP contribution is -2.40. The van der Waals surface area contributed by atoms with Crippen LogP contribution in [0.4, 0.5) is 0 Å². The SMILES string of the molecule is CC1CCC(NC(=O)[C@H]2CC(C)C[C@H]2C(=O)O)C1. The summed E-state index contributed by atoms with van der Waals surface area (Å²) in [6, 6.07) is 0.262. The minimum atomic E-state index is -0.820. The summed E-state index contributed by atoms with van der Waals surface area (Å²) < 4.78 is 0. The van der Waals surface area contributed by atoms with Gasteiger partial charge < -0.3 is 10.4 Å². The van der Waals surface area contributed by atoms with Gasteiger partial charge >= 0.3 is 5.97 Å². The number of hydrogen-bond acceptors (Lipinski definition) is 2. The number of carbonyl (C=O) groups excluding carboxylic acids is 1. The van der Waals surface area contributed by atoms with Gasteiger partial charge in [0, 0.05) is 6.04 Å². The number of nitrogens with one attached hydrogen (secondary N) is 1. The van der Waals surface area contributed by atoms with Crippen molar-refractivity contribution in [2.45, 2.75) is 52.0 Å². The molecule has 3 unspecified atom stereocenters. The van der Waals surface area contributed by atoms with Crippen LogP contribution in [0.15, 0.2) is 0 Å². The standard InChI is InChI=1S/C14H23NO3/c1-8-3-4-10(5-8)15-13(16)11-6-9(2)7-12(11)14(17)18/h8-12H,3-7H2,1-2H3,(H,15,16)(H,17,18)/t8?,9?,10?,11-,12+/m0/s1. The highest BCUT2D eigenvalue weighted by Crippen LogP contribution is 2.37. The van der Waals surface area contributed by atoms with E-state index in [1.54, 1.807) is 0 Å². The van der Waals surface area contributed by atoms with Crippen molar-refractivity contribution in [3.05, 3.63) is 0 Å². The highest BCUT2D eigenvalue weighted by Gasteiger charge is 2.41. The van der Waals surface area contributed by atoms with Crippen LogP contribution in [0.3, 0.4) is 0 Å². The molecule has 0 aliphatic heterocycles. The predicted octanol–water partition coefficient (Wildman–Crippen LogP) is 2.04. The van der Waals surface area contributed by atoms with Crippen LogP contribution in [0.1, 0.15) is 46.0 Å². The number of carboxylic acid groups (broad SMARTS) is 1. The summed E-state index contributed by atoms with van der Waals surface area (Å²) in [5.41, 5.74) is 0. The van der Waals surface area contributed by atoms with E-state index in [1.807, 2.05) is 6.92 Å². The van der Waals surface area contributed by atoms with Crippen molar-refractivity contribution in [2.75, 3.05) is 0 Å². The Morgan fingerprint density at radius 1 is 1.00 bits per heavy atom. The van der Waals surface area contributed by atoms with Gasteiger partial charge in [-0.05, 0) is 43.9 Å². The van der Waals surface area contributed by atoms with Gasteiger partial charge in [0.2, 0.25) is 5.91 Å². The van der Waals surface area contributed by atoms with Gasteiger partial charge in [-0.1, -0.05) is 13.8 Å². The molecule has 0 spiro atoms. The van der Waals surface area contributed by atoms with E-state index in [-0.39, 0.29) is 17.9 Å². The Balaban J connectivity index is 1.93. The minimum absolute atomic E-state index is 0.0362. The van der Waals surface area contributed by atoms with E-state index in [0.29, 0.717) is 24.7 Å². The topological polar surface area (TPSA) is 66.4 Å². The van der Waals surface area contributed by atoms with Crippen molar-refractivity contribution in [3.8, 4) is 0 Å². The Morgan fingerprint density at radius 2 is 1.67 bits per heavy atom. The van der Waals surface area contributed by atoms with Crippen LogP contribution in [0.25, 0.3) is 0 Å². The third kappa shape index (κ3) is 2.85. The summed E-state index contributed by atoms with van der Waals surface area (Å²) >= 11 is 0. The summed E-state index contributed by atoms with van der Waals surface area (Å²) in [6.07, 6.45) is 4.58. The number of hydrogen-bond donors (Lipinski definition) is 2. The molecule has 4 nitrogen and oxygen atoms in total. The highest BCUT2D eigenvalue weighted by atomic mass is 16.4. The maximum atomic E-state index is 12.2. The molecule has 2 rings (SSSR count). The largest absolute Gasteiger partial charge is 0.481 e. The molecular weight excluding hydrogens is 230 g/mol. The van der Waals surface area contributed by atoms with E-state index in [9.17, 15) is 14.7 Å². The van der Waals surface area contributed by atoms with Crippen molar-refractivity contribution in [2.24, 2.45) is 23.7 Å². The molecular formula is C14H23NO3. The van der Waals surface area contributed by atoms with Crippen LogP contribution in [-0.2, 0) is 9.59 Å². The molecule has 0 aromatic carbocycles. The first-order chi connectivity index (χ1) is 8.47. The fourth-order valence-corrected chi connectivity index (χ4v) is 3.50. The van der Waals surface area contributed by atoms with Crippen molar-refractivity contribution in [1.29, 1.82) is 0 Å². The van der Waals surface area contributed by atoms with E-state index in [0.717, 1.165) is 19.3 Å². The number of carbonyl (C=O) groups is 2. The van der Waals surface area contributed by atoms with Crippen LogP contribution < -0.4 is 5.32 Å². The zero-order chi connectivity index (χ0) is 13.3. The molecule has 0 bridgehead atoms. The Kier molecular flexibility index (Phi) is 3.93. The molecule has 0 heterocycles. The smallest absolute Gasteiger partial charge is 0.307 e. The molecule has 102 valence electrons. The molecule has 2 N–H and O–H groups in total. The predicted molar refractivity (Wildman–Crippen MR) is 68.0 cm³/mol. The Hall–Kier alpha value is -1.06. The second kappa shape index (κ2) is 5.29. The van der Waals surface area contributed by atoms with Gasteiger partial charge in [-0.15, -0.1) is 0 Å². The van der Waals surface area contributed by atoms with Crippen LogP contribution >= 0.6 is 0 Å². The maximum absolute atomic E-state index is 12.2. The Morgan fingerprint density at radius 3 is 2.22 bits per heavy atom. The summed E-state index contributed by atoms with van der Waals surface area (Å²) in [5, 5.41) is 12.2. The van der Waals surface area contributed by atoms with Crippen LogP contribution in [0.2, 0.25) is 0 Å². The van der Waals surface area contributed by atoms with Gasteiger partial charge in [0.15, 0.2) is 0 Å². The first kappa shape index (κ1) is 13.4. The number of rotatable bonds is 3. The normalized spacial score (nSPS) is 39.8. The molecule has 0 radical (unpaired) electrons. The summed E-state index contributed by atoms with van der Waals surface area (Å²) in [6.45, 7) is 4.23. The van der Waals surface area contributed by atoms with Gasteiger partial charge in [0.05, 0.1) is 11.8 Å². The molecule has 4 heteroatoms. The number of carboxylic acids is 1. The van der Waals surface area contributed by atoms with Crippen LogP contribution in [0, 0.1) is 23.7 Å². The van der Waals surface area contributed by atoms with Gasteiger partial charge in [0.1, 0.15) is 0 Å². The quantitative estimate of drug-likeness (QED) is 0.809. The molecule has 2 fully saturated rings. The van der Waals surface area contributed by atoms with Crippen LogP contribution in [-0.4, -0.2) is 23.0 Å². The molecule has 0 saturated heterocycles. The van der Waals surface area contributed by atoms with E-state index < -0.39 is 11.9 Å². The zero-order valence-corrected chi connectivity index (χ0v) is 11.2. The van der Waals surface area contributed by atoms with E-state index >= 15 is 0 Å². The molecule has 2 aliphatic carbocycles. The molecule has 18 heavy (non-hydrogen) atoms. The van der Waals surface area contributed by atoms with Crippen LogP contribution in [0.5, 0.6) is 0 Å². The van der Waals surface area contributed by atoms with Crippen molar-refractivity contribution in [1.82, 2.24) is 5.32 Å². The third-order valence-electron chi connectivity index (χ3n) is 4.49. The second-order valence-electron chi connectivity index (χ2n) is 6.25. The minimum Gasteiger partial charge on any atom is -0.481 e. The van der Waals surface area contributed by atoms with Gasteiger partial charge in [-0.2, -0.15) is 0 Å². The first-order valence-electron chi connectivity index (χ1n) is 7.00. The lowest BCUT2D eigenvalue weighted by molar-refractivity contribution is -0.146. The summed E-state index contributed by atoms with van der Waals surface area (Å²) in [4.78, 5) is 23.4. The average molecular weight is 253 g/mol. The van der Waals surface area contributed by atoms with Crippen molar-refractivity contribution < 1.29 is 14.7 Å². The third-order valence-corrected chi connectivity index (χ3v) is 4.49. The lowest BCUT2D eigenvalue weighted by Gasteiger charge is -2.19. The second-order valence-corrected chi connectivity index (χ2v) is 6.25. The highest BCUT2D eigenvalue weighted by molar-refractivity contribution is 5.85. The number of amides is 1. The first-order valence-corrected chi connectivity index (χ1v) is 7.00. The molecule has 0 aromatic heterocycles. The van der Waals surface area contributed by atoms with E-state index in [2.05, 4.69) is 12.2 Å². The fraction of sp³-hybridized carbons (Fsp3) is 0.857. The summed E-state index contributed by atoms with van der Waals surface area (Å²) in [5.74, 6) is -0.658. The Labute approximate surface area is 108 Å². The molecule has 0 aromatic rings. The van der Waals surface area contributed by atoms with Gasteiger partial charge in [-0.25, -0.2) is 0 Å². The lowest BCUT2D eigenvalue weighted by atomic mass is 9.95. The molecule has 1 amide bonds. The fourth-order valence-electron chi connectivity index (χ4n) is 3.50. The van der Waals surface area contributed by atoms with E-state index in [1.165, 1.54) is 0 Å². The molecule has 2 aliphatic rings. The average Bonchev–Trinajstić information content (AvgIpc) is 2.85. The summed E-state index contributed by atoms with van der Waals surface area (Å²) in [7, 11) is 0.